The Hall–Kier alpha value is -1.06. The molecule has 1 amide bonds. The summed E-state index contributed by atoms with van der Waals surface area (Å²) in [7, 11) is 0. The van der Waals surface area contributed by atoms with E-state index in [1.807, 2.05) is 11.0 Å². The molecule has 1 atom stereocenters. The molecule has 4 heteroatoms. The Morgan fingerprint density at radius 2 is 1.95 bits per heavy atom. The lowest BCUT2D eigenvalue weighted by Gasteiger charge is -2.23. The molecule has 1 aromatic rings. The van der Waals surface area contributed by atoms with E-state index in [2.05, 4.69) is 23.1 Å². The largest absolute Gasteiger partial charge is 0.312 e. The van der Waals surface area contributed by atoms with Crippen molar-refractivity contribution in [3.63, 3.8) is 0 Å². The number of benzene rings is 1. The van der Waals surface area contributed by atoms with E-state index in [4.69, 9.17) is 11.6 Å². The first-order chi connectivity index (χ1) is 9.78. The molecule has 0 N–H and O–H groups in total. The van der Waals surface area contributed by atoms with E-state index < -0.39 is 0 Å². The lowest BCUT2D eigenvalue weighted by Crippen LogP contribution is -2.27. The molecule has 0 radical (unpaired) electrons. The van der Waals surface area contributed by atoms with Crippen LogP contribution in [0.2, 0.25) is 0 Å². The zero-order chi connectivity index (χ0) is 13.9. The van der Waals surface area contributed by atoms with Crippen molar-refractivity contribution in [2.75, 3.05) is 30.4 Å². The van der Waals surface area contributed by atoms with E-state index in [0.29, 0.717) is 18.2 Å². The van der Waals surface area contributed by atoms with Gasteiger partial charge in [0.05, 0.1) is 0 Å². The molecule has 2 heterocycles. The molecule has 2 aliphatic heterocycles. The van der Waals surface area contributed by atoms with E-state index in [1.165, 1.54) is 31.5 Å². The molecule has 0 aliphatic carbocycles. The SMILES string of the molecule is O=C1CC(CCl)CN1c1ccccc1CN1CCCC1. The summed E-state index contributed by atoms with van der Waals surface area (Å²) >= 11 is 5.92. The topological polar surface area (TPSA) is 23.6 Å². The first kappa shape index (κ1) is 13.9. The Morgan fingerprint density at radius 1 is 1.20 bits per heavy atom. The highest BCUT2D eigenvalue weighted by atomic mass is 35.5. The van der Waals surface area contributed by atoms with Crippen molar-refractivity contribution in [1.29, 1.82) is 0 Å². The van der Waals surface area contributed by atoms with Gasteiger partial charge in [-0.1, -0.05) is 18.2 Å². The van der Waals surface area contributed by atoms with E-state index >= 15 is 0 Å². The molecule has 2 aliphatic rings. The molecule has 2 saturated heterocycles. The molecular weight excluding hydrogens is 272 g/mol. The number of likely N-dealkylation sites (tertiary alicyclic amines) is 1. The zero-order valence-electron chi connectivity index (χ0n) is 11.7. The maximum absolute atomic E-state index is 12.2. The fraction of sp³-hybridized carbons (Fsp3) is 0.562. The Morgan fingerprint density at radius 3 is 2.65 bits per heavy atom. The first-order valence-electron chi connectivity index (χ1n) is 7.44. The number of hydrogen-bond donors (Lipinski definition) is 0. The summed E-state index contributed by atoms with van der Waals surface area (Å²) in [6, 6.07) is 8.30. The lowest BCUT2D eigenvalue weighted by atomic mass is 10.1. The zero-order valence-corrected chi connectivity index (χ0v) is 12.5. The smallest absolute Gasteiger partial charge is 0.227 e. The Kier molecular flexibility index (Phi) is 4.27. The van der Waals surface area contributed by atoms with Gasteiger partial charge in [0, 0.05) is 31.1 Å². The maximum Gasteiger partial charge on any atom is 0.227 e. The van der Waals surface area contributed by atoms with Crippen molar-refractivity contribution in [3.8, 4) is 0 Å². The van der Waals surface area contributed by atoms with E-state index in [1.54, 1.807) is 0 Å². The summed E-state index contributed by atoms with van der Waals surface area (Å²) in [5.74, 6) is 1.07. The molecule has 3 rings (SSSR count). The lowest BCUT2D eigenvalue weighted by molar-refractivity contribution is -0.117. The average molecular weight is 293 g/mol. The standard InChI is InChI=1S/C16H21ClN2O/c17-10-13-9-16(20)19(11-13)15-6-2-1-5-14(15)12-18-7-3-4-8-18/h1-2,5-6,13H,3-4,7-12H2. The van der Waals surface area contributed by atoms with E-state index in [0.717, 1.165) is 18.8 Å². The van der Waals surface area contributed by atoms with Gasteiger partial charge in [-0.05, 0) is 43.5 Å². The number of halogens is 1. The van der Waals surface area contributed by atoms with Crippen molar-refractivity contribution >= 4 is 23.2 Å². The van der Waals surface area contributed by atoms with Crippen LogP contribution in [-0.4, -0.2) is 36.3 Å². The van der Waals surface area contributed by atoms with Crippen LogP contribution in [0.1, 0.15) is 24.8 Å². The van der Waals surface area contributed by atoms with Crippen LogP contribution in [0.25, 0.3) is 0 Å². The fourth-order valence-corrected chi connectivity index (χ4v) is 3.41. The molecule has 2 fully saturated rings. The van der Waals surface area contributed by atoms with Crippen molar-refractivity contribution in [2.24, 2.45) is 5.92 Å². The minimum Gasteiger partial charge on any atom is -0.312 e. The van der Waals surface area contributed by atoms with Crippen LogP contribution >= 0.6 is 11.6 Å². The molecule has 108 valence electrons. The van der Waals surface area contributed by atoms with Gasteiger partial charge < -0.3 is 4.90 Å². The highest BCUT2D eigenvalue weighted by molar-refractivity contribution is 6.18. The van der Waals surface area contributed by atoms with Crippen LogP contribution < -0.4 is 4.90 Å². The van der Waals surface area contributed by atoms with Crippen molar-refractivity contribution in [3.05, 3.63) is 29.8 Å². The Bertz CT molecular complexity index is 485. The monoisotopic (exact) mass is 292 g/mol. The van der Waals surface area contributed by atoms with Crippen molar-refractivity contribution < 1.29 is 4.79 Å². The number of hydrogen-bond acceptors (Lipinski definition) is 2. The van der Waals surface area contributed by atoms with Gasteiger partial charge in [0.2, 0.25) is 5.91 Å². The second kappa shape index (κ2) is 6.15. The predicted octanol–water partition coefficient (Wildman–Crippen LogP) is 2.87. The van der Waals surface area contributed by atoms with Crippen LogP contribution in [0, 0.1) is 5.92 Å². The summed E-state index contributed by atoms with van der Waals surface area (Å²) in [4.78, 5) is 16.6. The van der Waals surface area contributed by atoms with Crippen LogP contribution in [-0.2, 0) is 11.3 Å². The number of nitrogens with zero attached hydrogens (tertiary/aromatic N) is 2. The molecule has 1 unspecified atom stereocenters. The maximum atomic E-state index is 12.2. The molecule has 3 nitrogen and oxygen atoms in total. The van der Waals surface area contributed by atoms with Gasteiger partial charge in [-0.15, -0.1) is 11.6 Å². The summed E-state index contributed by atoms with van der Waals surface area (Å²) in [5, 5.41) is 0. The second-order valence-electron chi connectivity index (χ2n) is 5.84. The summed E-state index contributed by atoms with van der Waals surface area (Å²) in [5.41, 5.74) is 2.34. The van der Waals surface area contributed by atoms with Crippen LogP contribution in [0.5, 0.6) is 0 Å². The van der Waals surface area contributed by atoms with E-state index in [-0.39, 0.29) is 5.91 Å². The number of para-hydroxylation sites is 1. The number of amides is 1. The van der Waals surface area contributed by atoms with Gasteiger partial charge in [0.15, 0.2) is 0 Å². The highest BCUT2D eigenvalue weighted by Crippen LogP contribution is 2.29. The third-order valence-electron chi connectivity index (χ3n) is 4.30. The predicted molar refractivity (Wildman–Crippen MR) is 82.1 cm³/mol. The summed E-state index contributed by atoms with van der Waals surface area (Å²) in [6.07, 6.45) is 3.17. The van der Waals surface area contributed by atoms with Crippen molar-refractivity contribution in [2.45, 2.75) is 25.8 Å². The number of rotatable bonds is 4. The Labute approximate surface area is 125 Å². The number of carbonyl (C=O) groups excluding carboxylic acids is 1. The van der Waals surface area contributed by atoms with Gasteiger partial charge in [-0.2, -0.15) is 0 Å². The van der Waals surface area contributed by atoms with Gasteiger partial charge in [0.25, 0.3) is 0 Å². The molecule has 0 bridgehead atoms. The normalized spacial score (nSPS) is 23.8. The van der Waals surface area contributed by atoms with Gasteiger partial charge in [-0.3, -0.25) is 9.69 Å². The molecule has 0 aromatic heterocycles. The minimum atomic E-state index is 0.213. The van der Waals surface area contributed by atoms with E-state index in [9.17, 15) is 4.79 Å². The summed E-state index contributed by atoms with van der Waals surface area (Å²) < 4.78 is 0. The van der Waals surface area contributed by atoms with Crippen LogP contribution in [0.3, 0.4) is 0 Å². The quantitative estimate of drug-likeness (QED) is 0.797. The average Bonchev–Trinajstić information content (AvgIpc) is 3.09. The minimum absolute atomic E-state index is 0.213. The highest BCUT2D eigenvalue weighted by Gasteiger charge is 2.31. The molecule has 1 aromatic carbocycles. The molecule has 0 spiro atoms. The van der Waals surface area contributed by atoms with Crippen LogP contribution in [0.4, 0.5) is 5.69 Å². The van der Waals surface area contributed by atoms with Crippen molar-refractivity contribution in [1.82, 2.24) is 4.90 Å². The van der Waals surface area contributed by atoms with Gasteiger partial charge in [0.1, 0.15) is 0 Å². The van der Waals surface area contributed by atoms with Gasteiger partial charge >= 0.3 is 0 Å². The molecule has 0 saturated carbocycles. The third kappa shape index (κ3) is 2.84. The Balaban J connectivity index is 1.80. The second-order valence-corrected chi connectivity index (χ2v) is 6.15. The molecule has 20 heavy (non-hydrogen) atoms. The number of alkyl halides is 1. The number of carbonyl (C=O) groups is 1. The first-order valence-corrected chi connectivity index (χ1v) is 7.98. The van der Waals surface area contributed by atoms with Crippen LogP contribution in [0.15, 0.2) is 24.3 Å². The van der Waals surface area contributed by atoms with Gasteiger partial charge in [-0.25, -0.2) is 0 Å². The number of anilines is 1. The third-order valence-corrected chi connectivity index (χ3v) is 4.73. The fourth-order valence-electron chi connectivity index (χ4n) is 3.21. The molecular formula is C16H21ClN2O. The summed E-state index contributed by atoms with van der Waals surface area (Å²) in [6.45, 7) is 4.06.